The normalized spacial score (nSPS) is 20.0. The van der Waals surface area contributed by atoms with Gasteiger partial charge in [-0.1, -0.05) is 26.0 Å². The van der Waals surface area contributed by atoms with E-state index in [2.05, 4.69) is 23.2 Å². The Morgan fingerprint density at radius 2 is 2.24 bits per heavy atom. The lowest BCUT2D eigenvalue weighted by Crippen LogP contribution is -2.17. The van der Waals surface area contributed by atoms with Gasteiger partial charge in [-0.25, -0.2) is 9.78 Å². The molecular weight excluding hydrogens is 262 g/mol. The lowest BCUT2D eigenvalue weighted by atomic mass is 9.76. The summed E-state index contributed by atoms with van der Waals surface area (Å²) in [4.78, 5) is 16.8. The largest absolute Gasteiger partial charge is 0.420 e. The number of aryl methyl sites for hydroxylation is 1. The van der Waals surface area contributed by atoms with Crippen LogP contribution in [0.5, 0.6) is 0 Å². The number of hydrogen-bond acceptors (Lipinski definition) is 3. The van der Waals surface area contributed by atoms with Gasteiger partial charge >= 0.3 is 5.63 Å². The van der Waals surface area contributed by atoms with Crippen LogP contribution in [0, 0.1) is 0 Å². The molecule has 0 N–H and O–H groups in total. The summed E-state index contributed by atoms with van der Waals surface area (Å²) in [6.07, 6.45) is 8.97. The molecule has 108 valence electrons. The molecule has 21 heavy (non-hydrogen) atoms. The Morgan fingerprint density at radius 1 is 1.38 bits per heavy atom. The lowest BCUT2D eigenvalue weighted by Gasteiger charge is -2.29. The third-order valence-electron chi connectivity index (χ3n) is 4.71. The average Bonchev–Trinajstić information content (AvgIpc) is 2.47. The highest BCUT2D eigenvalue weighted by atomic mass is 16.4. The Hall–Kier alpha value is -1.90. The molecule has 0 aliphatic heterocycles. The van der Waals surface area contributed by atoms with Crippen molar-refractivity contribution in [2.24, 2.45) is 0 Å². The zero-order valence-electron chi connectivity index (χ0n) is 12.5. The van der Waals surface area contributed by atoms with Crippen molar-refractivity contribution in [2.45, 2.75) is 51.4 Å². The Labute approximate surface area is 123 Å². The topological polar surface area (TPSA) is 43.1 Å². The maximum Gasteiger partial charge on any atom is 0.358 e. The molecule has 1 unspecified atom stereocenters. The van der Waals surface area contributed by atoms with Crippen LogP contribution in [0.25, 0.3) is 11.1 Å². The fourth-order valence-electron chi connectivity index (χ4n) is 3.73. The van der Waals surface area contributed by atoms with Gasteiger partial charge in [0.25, 0.3) is 0 Å². The summed E-state index contributed by atoms with van der Waals surface area (Å²) in [6, 6.07) is 2.05. The van der Waals surface area contributed by atoms with Crippen LogP contribution in [-0.4, -0.2) is 4.98 Å². The van der Waals surface area contributed by atoms with Crippen molar-refractivity contribution >= 4 is 11.1 Å². The summed E-state index contributed by atoms with van der Waals surface area (Å²) < 4.78 is 5.58. The van der Waals surface area contributed by atoms with E-state index < -0.39 is 0 Å². The molecule has 4 rings (SSSR count). The fourth-order valence-corrected chi connectivity index (χ4v) is 3.73. The Balaban J connectivity index is 2.08. The van der Waals surface area contributed by atoms with Crippen LogP contribution < -0.4 is 5.63 Å². The number of nitrogens with zero attached hydrogens (tertiary/aromatic N) is 1. The van der Waals surface area contributed by atoms with Gasteiger partial charge in [-0.15, -0.1) is 0 Å². The molecule has 1 aromatic carbocycles. The van der Waals surface area contributed by atoms with Gasteiger partial charge in [0, 0.05) is 11.8 Å². The molecule has 0 bridgehead atoms. The van der Waals surface area contributed by atoms with Crippen molar-refractivity contribution in [3.8, 4) is 0 Å². The van der Waals surface area contributed by atoms with Crippen molar-refractivity contribution in [1.29, 1.82) is 0 Å². The monoisotopic (exact) mass is 281 g/mol. The maximum absolute atomic E-state index is 12.1. The average molecular weight is 281 g/mol. The third kappa shape index (κ3) is 1.87. The van der Waals surface area contributed by atoms with E-state index in [1.54, 1.807) is 0 Å². The lowest BCUT2D eigenvalue weighted by molar-refractivity contribution is 0.530. The van der Waals surface area contributed by atoms with Crippen molar-refractivity contribution in [1.82, 2.24) is 4.98 Å². The molecule has 3 nitrogen and oxygen atoms in total. The first-order valence-electron chi connectivity index (χ1n) is 7.81. The second-order valence-electron chi connectivity index (χ2n) is 6.45. The molecule has 2 aliphatic carbocycles. The summed E-state index contributed by atoms with van der Waals surface area (Å²) in [5.41, 5.74) is 5.89. The second kappa shape index (κ2) is 4.55. The van der Waals surface area contributed by atoms with E-state index in [-0.39, 0.29) is 11.5 Å². The number of fused-ring (bicyclic) bond motifs is 2. The van der Waals surface area contributed by atoms with Crippen LogP contribution >= 0.6 is 0 Å². The molecule has 1 heterocycles. The van der Waals surface area contributed by atoms with Crippen LogP contribution in [0.2, 0.25) is 0 Å². The standard InChI is InChI=1S/C18H19NO2/c1-10(2)16-18(20)21-14-9-12-7-3-5-11-6-4-8-13(15(11)12)17(14)19-16/h4,6,9-11H,3,5,7-8H2,1-2H3. The van der Waals surface area contributed by atoms with E-state index in [1.165, 1.54) is 29.5 Å². The zero-order chi connectivity index (χ0) is 14.6. The Kier molecular flexibility index (Phi) is 2.78. The van der Waals surface area contributed by atoms with E-state index in [0.717, 1.165) is 18.4 Å². The number of hydrogen-bond donors (Lipinski definition) is 0. The van der Waals surface area contributed by atoms with Crippen molar-refractivity contribution in [3.05, 3.63) is 51.0 Å². The van der Waals surface area contributed by atoms with Crippen LogP contribution in [0.4, 0.5) is 0 Å². The summed E-state index contributed by atoms with van der Waals surface area (Å²) in [7, 11) is 0. The molecule has 1 atom stereocenters. The van der Waals surface area contributed by atoms with E-state index in [1.807, 2.05) is 13.8 Å². The highest BCUT2D eigenvalue weighted by molar-refractivity contribution is 5.80. The molecule has 3 heteroatoms. The van der Waals surface area contributed by atoms with Gasteiger partial charge in [-0.2, -0.15) is 0 Å². The first-order chi connectivity index (χ1) is 10.1. The number of rotatable bonds is 1. The minimum absolute atomic E-state index is 0.0869. The van der Waals surface area contributed by atoms with Crippen LogP contribution in [-0.2, 0) is 12.8 Å². The minimum Gasteiger partial charge on any atom is -0.420 e. The molecule has 0 fully saturated rings. The number of benzene rings is 1. The first kappa shape index (κ1) is 12.8. The van der Waals surface area contributed by atoms with Crippen LogP contribution in [0.3, 0.4) is 0 Å². The molecule has 2 aromatic rings. The molecule has 0 saturated carbocycles. The first-order valence-corrected chi connectivity index (χ1v) is 7.81. The quantitative estimate of drug-likeness (QED) is 0.746. The van der Waals surface area contributed by atoms with E-state index in [0.29, 0.717) is 17.2 Å². The zero-order valence-corrected chi connectivity index (χ0v) is 12.5. The smallest absolute Gasteiger partial charge is 0.358 e. The summed E-state index contributed by atoms with van der Waals surface area (Å²) in [5.74, 6) is 0.613. The predicted octanol–water partition coefficient (Wildman–Crippen LogP) is 3.84. The summed E-state index contributed by atoms with van der Waals surface area (Å²) in [5, 5.41) is 0. The molecule has 0 radical (unpaired) electrons. The molecule has 0 spiro atoms. The molecule has 0 saturated heterocycles. The minimum atomic E-state index is -0.289. The molecule has 1 aromatic heterocycles. The predicted molar refractivity (Wildman–Crippen MR) is 82.9 cm³/mol. The van der Waals surface area contributed by atoms with E-state index in [9.17, 15) is 4.79 Å². The van der Waals surface area contributed by atoms with Crippen LogP contribution in [0.15, 0.2) is 27.4 Å². The molecule has 0 amide bonds. The number of aromatic nitrogens is 1. The van der Waals surface area contributed by atoms with Gasteiger partial charge in [0.05, 0.1) is 0 Å². The Morgan fingerprint density at radius 3 is 3.05 bits per heavy atom. The van der Waals surface area contributed by atoms with Gasteiger partial charge in [-0.3, -0.25) is 0 Å². The SMILES string of the molecule is CC(C)c1nc2c3c4c(cc2oc1=O)CCCC4C=CC3. The maximum atomic E-state index is 12.1. The number of allylic oxidation sites excluding steroid dienone is 2. The van der Waals surface area contributed by atoms with E-state index >= 15 is 0 Å². The molecular formula is C18H19NO2. The van der Waals surface area contributed by atoms with Gasteiger partial charge in [0.15, 0.2) is 5.58 Å². The second-order valence-corrected chi connectivity index (χ2v) is 6.45. The summed E-state index contributed by atoms with van der Waals surface area (Å²) >= 11 is 0. The van der Waals surface area contributed by atoms with Crippen LogP contribution in [0.1, 0.15) is 60.9 Å². The van der Waals surface area contributed by atoms with Crippen molar-refractivity contribution in [2.75, 3.05) is 0 Å². The highest BCUT2D eigenvalue weighted by Gasteiger charge is 2.27. The Bertz CT molecular complexity index is 814. The molecule has 2 aliphatic rings. The van der Waals surface area contributed by atoms with Crippen molar-refractivity contribution in [3.63, 3.8) is 0 Å². The third-order valence-corrected chi connectivity index (χ3v) is 4.71. The van der Waals surface area contributed by atoms with E-state index in [4.69, 9.17) is 4.42 Å². The van der Waals surface area contributed by atoms with Crippen molar-refractivity contribution < 1.29 is 4.42 Å². The van der Waals surface area contributed by atoms with Gasteiger partial charge in [0.1, 0.15) is 11.2 Å². The van der Waals surface area contributed by atoms with Gasteiger partial charge in [0.2, 0.25) is 0 Å². The van der Waals surface area contributed by atoms with Gasteiger partial charge < -0.3 is 4.42 Å². The van der Waals surface area contributed by atoms with Gasteiger partial charge in [-0.05, 0) is 48.4 Å². The highest BCUT2D eigenvalue weighted by Crippen LogP contribution is 2.40. The fraction of sp³-hybridized carbons (Fsp3) is 0.444. The summed E-state index contributed by atoms with van der Waals surface area (Å²) in [6.45, 7) is 3.97.